The molecule has 2 rings (SSSR count). The van der Waals surface area contributed by atoms with Crippen LogP contribution < -0.4 is 29.6 Å². The first-order valence-corrected chi connectivity index (χ1v) is 4.48. The van der Waals surface area contributed by atoms with Crippen molar-refractivity contribution in [3.8, 4) is 11.1 Å². The second-order valence-electron chi connectivity index (χ2n) is 3.23. The Morgan fingerprint density at radius 3 is 1.79 bits per heavy atom. The molecule has 0 atom stereocenters. The Balaban J connectivity index is 0.000000980. The Morgan fingerprint density at radius 1 is 0.714 bits per heavy atom. The molecule has 1 heteroatoms. The summed E-state index contributed by atoms with van der Waals surface area (Å²) in [6, 6.07) is 19.0. The first-order valence-electron chi connectivity index (χ1n) is 4.48. The topological polar surface area (TPSA) is 0 Å². The molecule has 0 saturated carbocycles. The van der Waals surface area contributed by atoms with Gasteiger partial charge in [-0.05, 0) is 18.1 Å². The monoisotopic (exact) mass is 192 g/mol. The van der Waals surface area contributed by atoms with Gasteiger partial charge < -0.3 is 1.43 Å². The van der Waals surface area contributed by atoms with E-state index in [-0.39, 0.29) is 31.0 Å². The second-order valence-corrected chi connectivity index (χ2v) is 3.23. The number of aryl methyl sites for hydroxylation is 1. The van der Waals surface area contributed by atoms with Crippen molar-refractivity contribution in [2.24, 2.45) is 0 Å². The molecule has 2 aromatic carbocycles. The van der Waals surface area contributed by atoms with Gasteiger partial charge in [-0.1, -0.05) is 60.2 Å². The van der Waals surface area contributed by atoms with E-state index in [2.05, 4.69) is 55.5 Å². The molecule has 0 aliphatic rings. The van der Waals surface area contributed by atoms with Crippen molar-refractivity contribution in [1.82, 2.24) is 0 Å². The summed E-state index contributed by atoms with van der Waals surface area (Å²) in [4.78, 5) is 0. The Kier molecular flexibility index (Phi) is 4.40. The molecule has 0 spiro atoms. The fourth-order valence-corrected chi connectivity index (χ4v) is 1.38. The van der Waals surface area contributed by atoms with Gasteiger partial charge in [0.05, 0.1) is 0 Å². The Hall–Kier alpha value is -0.560. The molecule has 0 bridgehead atoms. The van der Waals surface area contributed by atoms with Gasteiger partial charge in [-0.2, -0.15) is 0 Å². The maximum absolute atomic E-state index is 2.16. The molecule has 66 valence electrons. The number of rotatable bonds is 1. The average Bonchev–Trinajstić information content (AvgIpc) is 2.20. The van der Waals surface area contributed by atoms with Gasteiger partial charge in [-0.3, -0.25) is 0 Å². The minimum absolute atomic E-state index is 0. The van der Waals surface area contributed by atoms with Crippen molar-refractivity contribution in [2.45, 2.75) is 6.92 Å². The van der Waals surface area contributed by atoms with Crippen LogP contribution in [-0.2, 0) is 0 Å². The van der Waals surface area contributed by atoms with E-state index in [0.717, 1.165) is 0 Å². The predicted octanol–water partition coefficient (Wildman–Crippen LogP) is 0.779. The zero-order valence-corrected chi connectivity index (χ0v) is 10.7. The molecule has 0 nitrogen and oxygen atoms in total. The van der Waals surface area contributed by atoms with E-state index in [1.807, 2.05) is 6.07 Å². The molecule has 0 N–H and O–H groups in total. The smallest absolute Gasteiger partial charge is 1.00 e. The average molecular weight is 192 g/mol. The van der Waals surface area contributed by atoms with Gasteiger partial charge >= 0.3 is 29.6 Å². The summed E-state index contributed by atoms with van der Waals surface area (Å²) in [6.07, 6.45) is 0. The van der Waals surface area contributed by atoms with E-state index in [0.29, 0.717) is 0 Å². The Labute approximate surface area is 109 Å². The largest absolute Gasteiger partial charge is 1.00 e. The molecule has 0 heterocycles. The van der Waals surface area contributed by atoms with Crippen molar-refractivity contribution in [1.29, 1.82) is 0 Å². The molecule has 0 saturated heterocycles. The summed E-state index contributed by atoms with van der Waals surface area (Å²) in [7, 11) is 0. The summed E-state index contributed by atoms with van der Waals surface area (Å²) >= 11 is 0. The van der Waals surface area contributed by atoms with E-state index < -0.39 is 0 Å². The summed E-state index contributed by atoms with van der Waals surface area (Å²) in [5, 5.41) is 0. The van der Waals surface area contributed by atoms with Crippen LogP contribution >= 0.6 is 0 Å². The fourth-order valence-electron chi connectivity index (χ4n) is 1.38. The SMILES string of the molecule is Cc1ccc(-c2ccccc2)cc1.[H-].[Na+]. The molecule has 0 radical (unpaired) electrons. The van der Waals surface area contributed by atoms with Gasteiger partial charge in [0.1, 0.15) is 0 Å². The van der Waals surface area contributed by atoms with Gasteiger partial charge in [0.25, 0.3) is 0 Å². The van der Waals surface area contributed by atoms with Crippen LogP contribution in [0.4, 0.5) is 0 Å². The van der Waals surface area contributed by atoms with Crippen LogP contribution in [0.2, 0.25) is 0 Å². The van der Waals surface area contributed by atoms with E-state index in [1.165, 1.54) is 16.7 Å². The fraction of sp³-hybridized carbons (Fsp3) is 0.0769. The minimum Gasteiger partial charge on any atom is -1.00 e. The zero-order chi connectivity index (χ0) is 9.10. The molecule has 0 aliphatic heterocycles. The third-order valence-corrected chi connectivity index (χ3v) is 2.16. The quantitative estimate of drug-likeness (QED) is 0.586. The molecule has 0 aliphatic carbocycles. The maximum Gasteiger partial charge on any atom is 1.00 e. The minimum atomic E-state index is 0. The standard InChI is InChI=1S/C13H12.Na.H/c1-11-7-9-13(10-8-11)12-5-3-2-4-6-12;;/h2-10H,1H3;;/q;+1;-1. The van der Waals surface area contributed by atoms with Crippen LogP contribution in [0.5, 0.6) is 0 Å². The third kappa shape index (κ3) is 2.71. The van der Waals surface area contributed by atoms with Gasteiger partial charge in [-0.15, -0.1) is 0 Å². The summed E-state index contributed by atoms with van der Waals surface area (Å²) < 4.78 is 0. The van der Waals surface area contributed by atoms with Crippen molar-refractivity contribution in [3.63, 3.8) is 0 Å². The van der Waals surface area contributed by atoms with Crippen LogP contribution in [-0.4, -0.2) is 0 Å². The molecule has 0 fully saturated rings. The molecule has 0 aromatic heterocycles. The number of benzene rings is 2. The maximum atomic E-state index is 2.16. The molecule has 14 heavy (non-hydrogen) atoms. The van der Waals surface area contributed by atoms with E-state index in [4.69, 9.17) is 0 Å². The molecular formula is C13H13Na. The van der Waals surface area contributed by atoms with E-state index >= 15 is 0 Å². The zero-order valence-electron chi connectivity index (χ0n) is 9.70. The molecule has 0 amide bonds. The van der Waals surface area contributed by atoms with E-state index in [9.17, 15) is 0 Å². The van der Waals surface area contributed by atoms with Crippen LogP contribution in [0.1, 0.15) is 6.99 Å². The van der Waals surface area contributed by atoms with Crippen molar-refractivity contribution < 1.29 is 31.0 Å². The van der Waals surface area contributed by atoms with Crippen LogP contribution in [0.3, 0.4) is 0 Å². The Bertz CT molecular complexity index is 381. The number of hydrogen-bond acceptors (Lipinski definition) is 0. The van der Waals surface area contributed by atoms with Gasteiger partial charge in [0.15, 0.2) is 0 Å². The molecular weight excluding hydrogens is 179 g/mol. The van der Waals surface area contributed by atoms with Gasteiger partial charge in [0.2, 0.25) is 0 Å². The third-order valence-electron chi connectivity index (χ3n) is 2.16. The van der Waals surface area contributed by atoms with Gasteiger partial charge in [-0.25, -0.2) is 0 Å². The van der Waals surface area contributed by atoms with Crippen molar-refractivity contribution in [2.75, 3.05) is 0 Å². The summed E-state index contributed by atoms with van der Waals surface area (Å²) in [5.41, 5.74) is 3.87. The first-order chi connectivity index (χ1) is 6.36. The van der Waals surface area contributed by atoms with E-state index in [1.54, 1.807) is 0 Å². The summed E-state index contributed by atoms with van der Waals surface area (Å²) in [6.45, 7) is 2.11. The van der Waals surface area contributed by atoms with Crippen LogP contribution in [0.15, 0.2) is 54.6 Å². The van der Waals surface area contributed by atoms with Crippen LogP contribution in [0.25, 0.3) is 11.1 Å². The Morgan fingerprint density at radius 2 is 1.21 bits per heavy atom. The first kappa shape index (κ1) is 11.5. The summed E-state index contributed by atoms with van der Waals surface area (Å²) in [5.74, 6) is 0. The van der Waals surface area contributed by atoms with Crippen molar-refractivity contribution >= 4 is 0 Å². The second kappa shape index (κ2) is 5.35. The van der Waals surface area contributed by atoms with Crippen LogP contribution in [0, 0.1) is 6.92 Å². The number of hydrogen-bond donors (Lipinski definition) is 0. The van der Waals surface area contributed by atoms with Crippen molar-refractivity contribution in [3.05, 3.63) is 60.2 Å². The molecule has 2 aromatic rings. The van der Waals surface area contributed by atoms with Gasteiger partial charge in [0, 0.05) is 0 Å². The predicted molar refractivity (Wildman–Crippen MR) is 57.7 cm³/mol. The normalized spacial score (nSPS) is 9.21. The molecule has 0 unspecified atom stereocenters.